The quantitative estimate of drug-likeness (QED) is 0.751. The van der Waals surface area contributed by atoms with Crippen molar-refractivity contribution in [1.29, 1.82) is 0 Å². The Kier molecular flexibility index (Phi) is 4.24. The molecule has 0 aliphatic heterocycles. The maximum atomic E-state index is 13.8. The van der Waals surface area contributed by atoms with Gasteiger partial charge in [0.15, 0.2) is 0 Å². The van der Waals surface area contributed by atoms with E-state index >= 15 is 0 Å². The minimum Gasteiger partial charge on any atom is -0.481 e. The third-order valence-corrected chi connectivity index (χ3v) is 3.47. The van der Waals surface area contributed by atoms with E-state index in [4.69, 9.17) is 9.52 Å². The molecule has 0 bridgehead atoms. The lowest BCUT2D eigenvalue weighted by molar-refractivity contribution is -0.137. The average Bonchev–Trinajstić information content (AvgIpc) is 3.08. The molecule has 6 nitrogen and oxygen atoms in total. The molecule has 24 heavy (non-hydrogen) atoms. The van der Waals surface area contributed by atoms with Gasteiger partial charge in [-0.05, 0) is 24.3 Å². The Morgan fingerprint density at radius 1 is 1.21 bits per heavy atom. The number of nitrogens with one attached hydrogen (secondary N) is 1. The number of benzene rings is 1. The van der Waals surface area contributed by atoms with Crippen molar-refractivity contribution in [1.82, 2.24) is 10.3 Å². The van der Waals surface area contributed by atoms with Gasteiger partial charge >= 0.3 is 5.97 Å². The number of aromatic nitrogens is 1. The lowest BCUT2D eigenvalue weighted by atomic mass is 10.1. The highest BCUT2D eigenvalue weighted by Gasteiger charge is 2.22. The van der Waals surface area contributed by atoms with Gasteiger partial charge in [-0.25, -0.2) is 9.37 Å². The van der Waals surface area contributed by atoms with E-state index in [1.54, 1.807) is 30.3 Å². The van der Waals surface area contributed by atoms with Gasteiger partial charge in [-0.15, -0.1) is 0 Å². The Morgan fingerprint density at radius 3 is 2.75 bits per heavy atom. The lowest BCUT2D eigenvalue weighted by Gasteiger charge is -2.14. The van der Waals surface area contributed by atoms with Crippen LogP contribution >= 0.6 is 0 Å². The number of hydrogen-bond acceptors (Lipinski definition) is 4. The largest absolute Gasteiger partial charge is 0.481 e. The van der Waals surface area contributed by atoms with Crippen LogP contribution in [0.4, 0.5) is 4.39 Å². The van der Waals surface area contributed by atoms with Gasteiger partial charge in [0, 0.05) is 5.39 Å². The van der Waals surface area contributed by atoms with Crippen LogP contribution in [0.15, 0.2) is 53.1 Å². The van der Waals surface area contributed by atoms with E-state index in [0.717, 1.165) is 0 Å². The molecule has 0 fully saturated rings. The molecule has 0 saturated carbocycles. The van der Waals surface area contributed by atoms with Crippen molar-refractivity contribution in [2.75, 3.05) is 0 Å². The van der Waals surface area contributed by atoms with E-state index in [2.05, 4.69) is 10.3 Å². The second-order valence-corrected chi connectivity index (χ2v) is 5.15. The van der Waals surface area contributed by atoms with Crippen molar-refractivity contribution >= 4 is 22.8 Å². The van der Waals surface area contributed by atoms with Crippen LogP contribution in [0.25, 0.3) is 10.9 Å². The highest BCUT2D eigenvalue weighted by atomic mass is 19.1. The number of aliphatic carboxylic acids is 1. The molecule has 122 valence electrons. The van der Waals surface area contributed by atoms with Crippen LogP contribution in [0, 0.1) is 5.82 Å². The first-order valence-electron chi connectivity index (χ1n) is 7.16. The van der Waals surface area contributed by atoms with E-state index in [1.165, 1.54) is 18.4 Å². The first kappa shape index (κ1) is 15.7. The number of halogens is 1. The third-order valence-electron chi connectivity index (χ3n) is 3.47. The number of carboxylic acids is 1. The molecule has 0 saturated heterocycles. The smallest absolute Gasteiger partial charge is 0.305 e. The van der Waals surface area contributed by atoms with Crippen molar-refractivity contribution < 1.29 is 23.5 Å². The summed E-state index contributed by atoms with van der Waals surface area (Å²) >= 11 is 0. The van der Waals surface area contributed by atoms with Crippen molar-refractivity contribution in [3.8, 4) is 0 Å². The highest BCUT2D eigenvalue weighted by Crippen LogP contribution is 2.19. The van der Waals surface area contributed by atoms with E-state index < -0.39 is 23.7 Å². The standard InChI is InChI=1S/C17H13FN2O4/c18-11-4-1-3-10-6-7-12(19-16(10)11)17(23)20-13(9-15(21)22)14-5-2-8-24-14/h1-8,13H,9H2,(H,20,23)(H,21,22). The van der Waals surface area contributed by atoms with E-state index in [-0.39, 0.29) is 17.6 Å². The zero-order valence-electron chi connectivity index (χ0n) is 12.4. The van der Waals surface area contributed by atoms with Crippen LogP contribution in [-0.2, 0) is 4.79 Å². The maximum absolute atomic E-state index is 13.8. The summed E-state index contributed by atoms with van der Waals surface area (Å²) in [5.41, 5.74) is 0.0764. The minimum absolute atomic E-state index is 0.00505. The molecule has 1 aromatic carbocycles. The predicted molar refractivity (Wildman–Crippen MR) is 82.9 cm³/mol. The number of pyridine rings is 1. The summed E-state index contributed by atoms with van der Waals surface area (Å²) in [6, 6.07) is 9.86. The van der Waals surface area contributed by atoms with Crippen LogP contribution in [0.3, 0.4) is 0 Å². The first-order chi connectivity index (χ1) is 11.5. The van der Waals surface area contributed by atoms with Gasteiger partial charge in [0.25, 0.3) is 5.91 Å². The van der Waals surface area contributed by atoms with Crippen molar-refractivity contribution in [3.05, 3.63) is 66.0 Å². The van der Waals surface area contributed by atoms with Crippen molar-refractivity contribution in [2.24, 2.45) is 0 Å². The number of hydrogen-bond donors (Lipinski definition) is 2. The zero-order valence-corrected chi connectivity index (χ0v) is 12.4. The van der Waals surface area contributed by atoms with Gasteiger partial charge in [-0.2, -0.15) is 0 Å². The Balaban J connectivity index is 1.87. The second-order valence-electron chi connectivity index (χ2n) is 5.15. The molecule has 1 atom stereocenters. The topological polar surface area (TPSA) is 92.4 Å². The van der Waals surface area contributed by atoms with Gasteiger partial charge < -0.3 is 14.8 Å². The predicted octanol–water partition coefficient (Wildman–Crippen LogP) is 2.91. The summed E-state index contributed by atoms with van der Waals surface area (Å²) in [4.78, 5) is 27.4. The third kappa shape index (κ3) is 3.24. The molecular formula is C17H13FN2O4. The molecule has 1 unspecified atom stereocenters. The van der Waals surface area contributed by atoms with Gasteiger partial charge in [0.05, 0.1) is 18.7 Å². The van der Waals surface area contributed by atoms with E-state index in [0.29, 0.717) is 11.1 Å². The fourth-order valence-corrected chi connectivity index (χ4v) is 2.36. The summed E-state index contributed by atoms with van der Waals surface area (Å²) in [7, 11) is 0. The lowest BCUT2D eigenvalue weighted by Crippen LogP contribution is -2.30. The van der Waals surface area contributed by atoms with Gasteiger partial charge in [-0.1, -0.05) is 18.2 Å². The fraction of sp³-hybridized carbons (Fsp3) is 0.118. The van der Waals surface area contributed by atoms with E-state index in [9.17, 15) is 14.0 Å². The van der Waals surface area contributed by atoms with E-state index in [1.807, 2.05) is 0 Å². The minimum atomic E-state index is -1.09. The summed E-state index contributed by atoms with van der Waals surface area (Å²) in [6.45, 7) is 0. The highest BCUT2D eigenvalue weighted by molar-refractivity contribution is 5.95. The summed E-state index contributed by atoms with van der Waals surface area (Å²) in [5, 5.41) is 12.1. The molecule has 2 aromatic heterocycles. The number of carbonyl (C=O) groups excluding carboxylic acids is 1. The SMILES string of the molecule is O=C(O)CC(NC(=O)c1ccc2cccc(F)c2n1)c1ccco1. The average molecular weight is 328 g/mol. The molecule has 7 heteroatoms. The number of nitrogens with zero attached hydrogens (tertiary/aromatic N) is 1. The molecule has 3 aromatic rings. The Labute approximate surface area is 135 Å². The van der Waals surface area contributed by atoms with Crippen molar-refractivity contribution in [3.63, 3.8) is 0 Å². The number of rotatable bonds is 5. The van der Waals surface area contributed by atoms with Crippen LogP contribution in [-0.4, -0.2) is 22.0 Å². The molecule has 2 heterocycles. The number of furan rings is 1. The van der Waals surface area contributed by atoms with Crippen LogP contribution in [0.1, 0.15) is 28.7 Å². The summed E-state index contributed by atoms with van der Waals surface area (Å²) in [5.74, 6) is -1.91. The number of amides is 1. The second kappa shape index (κ2) is 6.49. The number of carboxylic acid groups (broad SMARTS) is 1. The Morgan fingerprint density at radius 2 is 2.04 bits per heavy atom. The molecule has 0 aliphatic rings. The van der Waals surface area contributed by atoms with Crippen LogP contribution in [0.2, 0.25) is 0 Å². The normalized spacial score (nSPS) is 12.0. The molecule has 2 N–H and O–H groups in total. The molecule has 3 rings (SSSR count). The maximum Gasteiger partial charge on any atom is 0.305 e. The Hall–Kier alpha value is -3.22. The van der Waals surface area contributed by atoms with Crippen molar-refractivity contribution in [2.45, 2.75) is 12.5 Å². The van der Waals surface area contributed by atoms with Gasteiger partial charge in [-0.3, -0.25) is 9.59 Å². The Bertz CT molecular complexity index is 893. The monoisotopic (exact) mass is 328 g/mol. The number of fused-ring (bicyclic) bond motifs is 1. The summed E-state index contributed by atoms with van der Waals surface area (Å²) in [6.07, 6.45) is 1.04. The zero-order chi connectivity index (χ0) is 17.1. The van der Waals surface area contributed by atoms with Gasteiger partial charge in [0.2, 0.25) is 0 Å². The number of para-hydroxylation sites is 1. The molecule has 1 amide bonds. The molecule has 0 spiro atoms. The molecule has 0 radical (unpaired) electrons. The van der Waals surface area contributed by atoms with Crippen LogP contribution in [0.5, 0.6) is 0 Å². The van der Waals surface area contributed by atoms with Crippen LogP contribution < -0.4 is 5.32 Å². The molecule has 0 aliphatic carbocycles. The fourth-order valence-electron chi connectivity index (χ4n) is 2.36. The summed E-state index contributed by atoms with van der Waals surface area (Å²) < 4.78 is 19.0. The number of carbonyl (C=O) groups is 2. The first-order valence-corrected chi connectivity index (χ1v) is 7.16. The van der Waals surface area contributed by atoms with Gasteiger partial charge in [0.1, 0.15) is 22.8 Å². The molecular weight excluding hydrogens is 315 g/mol.